The Labute approximate surface area is 179 Å². The minimum Gasteiger partial charge on any atom is -0.477 e. The number of aryl methyl sites for hydroxylation is 1. The quantitative estimate of drug-likeness (QED) is 0.496. The van der Waals surface area contributed by atoms with Gasteiger partial charge >= 0.3 is 0 Å². The van der Waals surface area contributed by atoms with E-state index in [1.54, 1.807) is 23.0 Å². The van der Waals surface area contributed by atoms with Crippen molar-refractivity contribution in [2.75, 3.05) is 6.61 Å². The van der Waals surface area contributed by atoms with Crippen LogP contribution >= 0.6 is 0 Å². The van der Waals surface area contributed by atoms with Crippen molar-refractivity contribution in [1.29, 1.82) is 0 Å². The summed E-state index contributed by atoms with van der Waals surface area (Å²) >= 11 is 0. The van der Waals surface area contributed by atoms with E-state index in [-0.39, 0.29) is 5.91 Å². The molecule has 3 heterocycles. The minimum absolute atomic E-state index is 0.250. The van der Waals surface area contributed by atoms with Crippen LogP contribution in [0.2, 0.25) is 0 Å². The third-order valence-electron chi connectivity index (χ3n) is 4.91. The van der Waals surface area contributed by atoms with Crippen molar-refractivity contribution < 1.29 is 9.53 Å². The van der Waals surface area contributed by atoms with Crippen LogP contribution in [0.4, 0.5) is 0 Å². The third-order valence-corrected chi connectivity index (χ3v) is 4.91. The van der Waals surface area contributed by atoms with Crippen LogP contribution in [0.5, 0.6) is 5.88 Å². The zero-order valence-electron chi connectivity index (χ0n) is 17.6. The zero-order chi connectivity index (χ0) is 21.8. The molecule has 1 N–H and O–H groups in total. The molecule has 0 aliphatic carbocycles. The fourth-order valence-corrected chi connectivity index (χ4v) is 3.32. The largest absolute Gasteiger partial charge is 0.477 e. The maximum absolute atomic E-state index is 13.2. The van der Waals surface area contributed by atoms with Crippen LogP contribution in [-0.4, -0.2) is 42.0 Å². The number of carbonyl (C=O) groups is 1. The number of hydrogen-bond acceptors (Lipinski definition) is 6. The highest BCUT2D eigenvalue weighted by Crippen LogP contribution is 2.22. The molecule has 0 saturated heterocycles. The Morgan fingerprint density at radius 2 is 1.97 bits per heavy atom. The maximum atomic E-state index is 13.2. The molecule has 9 heteroatoms. The van der Waals surface area contributed by atoms with Gasteiger partial charge in [-0.05, 0) is 25.5 Å². The zero-order valence-corrected chi connectivity index (χ0v) is 17.6. The minimum atomic E-state index is -0.401. The number of imidazole rings is 1. The first-order chi connectivity index (χ1) is 15.1. The van der Waals surface area contributed by atoms with E-state index in [9.17, 15) is 4.79 Å². The first-order valence-corrected chi connectivity index (χ1v) is 9.93. The van der Waals surface area contributed by atoms with Crippen LogP contribution in [0.3, 0.4) is 0 Å². The van der Waals surface area contributed by atoms with Gasteiger partial charge in [-0.1, -0.05) is 30.3 Å². The van der Waals surface area contributed by atoms with Crippen LogP contribution in [0.1, 0.15) is 40.4 Å². The molecule has 3 aromatic heterocycles. The lowest BCUT2D eigenvalue weighted by Gasteiger charge is -2.19. The number of nitrogens with zero attached hydrogens (tertiary/aromatic N) is 6. The van der Waals surface area contributed by atoms with E-state index < -0.39 is 6.04 Å². The van der Waals surface area contributed by atoms with Crippen LogP contribution in [-0.2, 0) is 7.05 Å². The fraction of sp³-hybridized carbons (Fsp3) is 0.227. The van der Waals surface area contributed by atoms with Crippen molar-refractivity contribution in [2.24, 2.45) is 7.05 Å². The highest BCUT2D eigenvalue weighted by Gasteiger charge is 2.24. The molecule has 0 unspecified atom stereocenters. The van der Waals surface area contributed by atoms with E-state index in [0.29, 0.717) is 29.6 Å². The van der Waals surface area contributed by atoms with Crippen LogP contribution in [0.15, 0.2) is 61.1 Å². The van der Waals surface area contributed by atoms with E-state index in [4.69, 9.17) is 4.74 Å². The van der Waals surface area contributed by atoms with Crippen molar-refractivity contribution in [2.45, 2.75) is 19.9 Å². The van der Waals surface area contributed by atoms with Gasteiger partial charge in [0, 0.05) is 25.5 Å². The van der Waals surface area contributed by atoms with Gasteiger partial charge in [0.25, 0.3) is 5.91 Å². The molecule has 4 aromatic rings. The van der Waals surface area contributed by atoms with Crippen LogP contribution in [0, 0.1) is 6.92 Å². The van der Waals surface area contributed by atoms with E-state index in [1.807, 2.05) is 62.0 Å². The van der Waals surface area contributed by atoms with E-state index in [0.717, 1.165) is 11.4 Å². The summed E-state index contributed by atoms with van der Waals surface area (Å²) in [6.07, 6.45) is 5.10. The van der Waals surface area contributed by atoms with Crippen molar-refractivity contribution in [3.05, 3.63) is 83.7 Å². The van der Waals surface area contributed by atoms with E-state index >= 15 is 0 Å². The summed E-state index contributed by atoms with van der Waals surface area (Å²) in [6, 6.07) is 12.8. The lowest BCUT2D eigenvalue weighted by Crippen LogP contribution is -2.31. The summed E-state index contributed by atoms with van der Waals surface area (Å²) in [6.45, 7) is 4.21. The second-order valence-electron chi connectivity index (χ2n) is 6.93. The Balaban J connectivity index is 1.61. The molecule has 31 heavy (non-hydrogen) atoms. The lowest BCUT2D eigenvalue weighted by molar-refractivity contribution is 0.0940. The third kappa shape index (κ3) is 4.16. The predicted molar refractivity (Wildman–Crippen MR) is 114 cm³/mol. The highest BCUT2D eigenvalue weighted by molar-refractivity contribution is 5.95. The molecule has 0 bridgehead atoms. The Kier molecular flexibility index (Phi) is 5.74. The van der Waals surface area contributed by atoms with Gasteiger partial charge in [0.1, 0.15) is 11.9 Å². The van der Waals surface area contributed by atoms with Crippen molar-refractivity contribution >= 4 is 5.91 Å². The number of aromatic nitrogens is 6. The first-order valence-electron chi connectivity index (χ1n) is 9.93. The fourth-order valence-electron chi connectivity index (χ4n) is 3.32. The molecular formula is C22H23N7O2. The second-order valence-corrected chi connectivity index (χ2v) is 6.93. The number of ether oxygens (including phenoxy) is 1. The molecule has 4 rings (SSSR count). The van der Waals surface area contributed by atoms with Crippen molar-refractivity contribution in [1.82, 2.24) is 34.8 Å². The molecule has 1 aromatic carbocycles. The summed E-state index contributed by atoms with van der Waals surface area (Å²) < 4.78 is 8.80. The molecular weight excluding hydrogens is 394 g/mol. The molecule has 9 nitrogen and oxygen atoms in total. The topological polar surface area (TPSA) is 99.8 Å². The Hall–Kier alpha value is -4.01. The smallest absolute Gasteiger partial charge is 0.255 e. The number of nitrogens with one attached hydrogen (secondary N) is 1. The normalized spacial score (nSPS) is 11.8. The Bertz CT molecular complexity index is 1170. The lowest BCUT2D eigenvalue weighted by atomic mass is 10.1. The Morgan fingerprint density at radius 1 is 1.16 bits per heavy atom. The number of carbonyl (C=O) groups excluding carboxylic acids is 1. The summed E-state index contributed by atoms with van der Waals surface area (Å²) in [5.41, 5.74) is 2.04. The highest BCUT2D eigenvalue weighted by atomic mass is 16.5. The molecule has 0 radical (unpaired) electrons. The average molecular weight is 417 g/mol. The first kappa shape index (κ1) is 20.3. The van der Waals surface area contributed by atoms with Gasteiger partial charge in [0.15, 0.2) is 5.82 Å². The van der Waals surface area contributed by atoms with Gasteiger partial charge in [0.05, 0.1) is 24.1 Å². The molecule has 1 atom stereocenters. The molecule has 0 saturated carbocycles. The van der Waals surface area contributed by atoms with Gasteiger partial charge in [-0.3, -0.25) is 4.79 Å². The summed E-state index contributed by atoms with van der Waals surface area (Å²) in [4.78, 5) is 17.6. The number of hydrogen-bond donors (Lipinski definition) is 1. The molecule has 0 spiro atoms. The van der Waals surface area contributed by atoms with Gasteiger partial charge in [-0.25, -0.2) is 9.67 Å². The summed E-state index contributed by atoms with van der Waals surface area (Å²) in [5, 5.41) is 15.6. The van der Waals surface area contributed by atoms with Crippen molar-refractivity contribution in [3.8, 4) is 11.7 Å². The maximum Gasteiger partial charge on any atom is 0.255 e. The van der Waals surface area contributed by atoms with Crippen LogP contribution in [0.25, 0.3) is 5.82 Å². The van der Waals surface area contributed by atoms with Gasteiger partial charge < -0.3 is 14.6 Å². The summed E-state index contributed by atoms with van der Waals surface area (Å²) in [7, 11) is 1.90. The van der Waals surface area contributed by atoms with Crippen molar-refractivity contribution in [3.63, 3.8) is 0 Å². The molecule has 1 amide bonds. The SMILES string of the molecule is CCOc1ccc(-n2ncc(C(=O)N[C@@H](c3ccccc3)c3nccn3C)c2C)nn1. The number of benzene rings is 1. The van der Waals surface area contributed by atoms with Gasteiger partial charge in [-0.2, -0.15) is 5.10 Å². The van der Waals surface area contributed by atoms with Gasteiger partial charge in [0.2, 0.25) is 5.88 Å². The van der Waals surface area contributed by atoms with E-state index in [1.165, 1.54) is 6.20 Å². The Morgan fingerprint density at radius 3 is 2.61 bits per heavy atom. The average Bonchev–Trinajstić information content (AvgIpc) is 3.39. The number of rotatable bonds is 7. The molecule has 158 valence electrons. The van der Waals surface area contributed by atoms with Gasteiger partial charge in [-0.15, -0.1) is 10.2 Å². The molecule has 0 aliphatic rings. The summed E-state index contributed by atoms with van der Waals surface area (Å²) in [5.74, 6) is 1.43. The standard InChI is InChI=1S/C22H23N7O2/c1-4-31-19-11-10-18(26-27-19)29-15(2)17(14-24-29)22(30)25-20(16-8-6-5-7-9-16)21-23-12-13-28(21)3/h5-14,20H,4H2,1-3H3,(H,25,30)/t20-/m0/s1. The number of amides is 1. The molecule has 0 fully saturated rings. The van der Waals surface area contributed by atoms with E-state index in [2.05, 4.69) is 25.6 Å². The molecule has 0 aliphatic heterocycles. The second kappa shape index (κ2) is 8.78. The monoisotopic (exact) mass is 417 g/mol. The predicted octanol–water partition coefficient (Wildman–Crippen LogP) is 2.62. The van der Waals surface area contributed by atoms with Crippen LogP contribution < -0.4 is 10.1 Å².